The first-order chi connectivity index (χ1) is 8.72. The van der Waals surface area contributed by atoms with E-state index in [0.29, 0.717) is 17.2 Å². The number of aromatic nitrogens is 2. The van der Waals surface area contributed by atoms with Crippen LogP contribution in [0.15, 0.2) is 24.4 Å². The molecule has 2 heterocycles. The molecule has 7 heteroatoms. The van der Waals surface area contributed by atoms with E-state index in [9.17, 15) is 4.39 Å². The number of hydrogen-bond acceptors (Lipinski definition) is 5. The minimum absolute atomic E-state index is 0.0906. The number of halogens is 2. The summed E-state index contributed by atoms with van der Waals surface area (Å²) < 4.78 is 29.0. The smallest absolute Gasteiger partial charge is 0.260 e. The Hall–Kier alpha value is -2.08. The van der Waals surface area contributed by atoms with E-state index in [1.807, 2.05) is 0 Å². The van der Waals surface area contributed by atoms with Gasteiger partial charge in [-0.3, -0.25) is 0 Å². The molecule has 0 amide bonds. The van der Waals surface area contributed by atoms with Gasteiger partial charge in [0, 0.05) is 6.07 Å². The van der Waals surface area contributed by atoms with Crippen LogP contribution in [0, 0.1) is 5.82 Å². The van der Waals surface area contributed by atoms with E-state index in [0.717, 1.165) is 6.20 Å². The molecule has 0 spiro atoms. The van der Waals surface area contributed by atoms with Crippen LogP contribution in [0.2, 0.25) is 5.28 Å². The zero-order chi connectivity index (χ0) is 12.5. The molecule has 0 bridgehead atoms. The summed E-state index contributed by atoms with van der Waals surface area (Å²) in [5.74, 6) is 0.579. The molecule has 0 N–H and O–H groups in total. The highest BCUT2D eigenvalue weighted by Crippen LogP contribution is 2.36. The zero-order valence-corrected chi connectivity index (χ0v) is 9.65. The van der Waals surface area contributed by atoms with Gasteiger partial charge in [0.25, 0.3) is 5.88 Å². The summed E-state index contributed by atoms with van der Waals surface area (Å²) in [6.45, 7) is 0.159. The average Bonchev–Trinajstić information content (AvgIpc) is 2.81. The molecule has 0 atom stereocenters. The Labute approximate surface area is 106 Å². The Balaban J connectivity index is 1.90. The standard InChI is InChI=1S/C11H6ClFN2O3/c12-11-14-4-7(13)10(15-11)18-6-1-2-8-9(3-6)17-5-16-8/h1-4H,5H2. The van der Waals surface area contributed by atoms with Crippen molar-refractivity contribution < 1.29 is 18.6 Å². The molecule has 92 valence electrons. The predicted octanol–water partition coefficient (Wildman–Crippen LogP) is 2.79. The lowest BCUT2D eigenvalue weighted by molar-refractivity contribution is 0.174. The molecule has 0 aliphatic carbocycles. The van der Waals surface area contributed by atoms with E-state index < -0.39 is 5.82 Å². The lowest BCUT2D eigenvalue weighted by Crippen LogP contribution is -1.94. The van der Waals surface area contributed by atoms with Gasteiger partial charge in [0.15, 0.2) is 11.5 Å². The molecule has 18 heavy (non-hydrogen) atoms. The number of rotatable bonds is 2. The summed E-state index contributed by atoms with van der Waals surface area (Å²) in [6, 6.07) is 4.86. The van der Waals surface area contributed by atoms with Crippen molar-refractivity contribution in [3.63, 3.8) is 0 Å². The van der Waals surface area contributed by atoms with Crippen molar-refractivity contribution in [3.8, 4) is 23.1 Å². The molecule has 3 rings (SSSR count). The molecule has 0 saturated carbocycles. The van der Waals surface area contributed by atoms with Gasteiger partial charge in [-0.15, -0.1) is 0 Å². The Kier molecular flexibility index (Phi) is 2.64. The number of nitrogens with zero attached hydrogens (tertiary/aromatic N) is 2. The van der Waals surface area contributed by atoms with Crippen molar-refractivity contribution in [2.45, 2.75) is 0 Å². The fourth-order valence-electron chi connectivity index (χ4n) is 1.45. The molecule has 5 nitrogen and oxygen atoms in total. The number of ether oxygens (including phenoxy) is 3. The van der Waals surface area contributed by atoms with Crippen LogP contribution >= 0.6 is 11.6 Å². The summed E-state index contributed by atoms with van der Waals surface area (Å²) in [6.07, 6.45) is 0.942. The highest BCUT2D eigenvalue weighted by molar-refractivity contribution is 6.28. The Bertz CT molecular complexity index is 609. The first-order valence-electron chi connectivity index (χ1n) is 4.98. The lowest BCUT2D eigenvalue weighted by Gasteiger charge is -2.06. The summed E-state index contributed by atoms with van der Waals surface area (Å²) in [4.78, 5) is 7.14. The van der Waals surface area contributed by atoms with Crippen LogP contribution in [0.4, 0.5) is 4.39 Å². The van der Waals surface area contributed by atoms with E-state index in [1.54, 1.807) is 18.2 Å². The monoisotopic (exact) mass is 268 g/mol. The van der Waals surface area contributed by atoms with Gasteiger partial charge in [0.05, 0.1) is 6.20 Å². The van der Waals surface area contributed by atoms with Crippen LogP contribution in [0.1, 0.15) is 0 Å². The fraction of sp³-hybridized carbons (Fsp3) is 0.0909. The minimum Gasteiger partial charge on any atom is -0.454 e. The first kappa shape index (κ1) is 11.0. The largest absolute Gasteiger partial charge is 0.454 e. The quantitative estimate of drug-likeness (QED) is 0.784. The van der Waals surface area contributed by atoms with Crippen molar-refractivity contribution in [1.29, 1.82) is 0 Å². The van der Waals surface area contributed by atoms with Crippen LogP contribution in [0.3, 0.4) is 0 Å². The number of benzene rings is 1. The second-order valence-corrected chi connectivity index (χ2v) is 3.75. The topological polar surface area (TPSA) is 53.5 Å². The second-order valence-electron chi connectivity index (χ2n) is 3.41. The zero-order valence-electron chi connectivity index (χ0n) is 8.89. The maximum Gasteiger partial charge on any atom is 0.260 e. The molecule has 0 saturated heterocycles. The summed E-state index contributed by atoms with van der Waals surface area (Å²) >= 11 is 5.56. The van der Waals surface area contributed by atoms with Gasteiger partial charge in [0.1, 0.15) is 5.75 Å². The maximum absolute atomic E-state index is 13.4. The molecular weight excluding hydrogens is 263 g/mol. The lowest BCUT2D eigenvalue weighted by atomic mass is 10.3. The molecule has 1 aromatic carbocycles. The average molecular weight is 269 g/mol. The van der Waals surface area contributed by atoms with E-state index >= 15 is 0 Å². The van der Waals surface area contributed by atoms with Gasteiger partial charge in [-0.2, -0.15) is 9.37 Å². The summed E-state index contributed by atoms with van der Waals surface area (Å²) in [5.41, 5.74) is 0. The molecule has 0 unspecified atom stereocenters. The maximum atomic E-state index is 13.4. The second kappa shape index (κ2) is 4.30. The normalized spacial score (nSPS) is 12.6. The first-order valence-corrected chi connectivity index (χ1v) is 5.36. The van der Waals surface area contributed by atoms with Crippen LogP contribution in [-0.2, 0) is 0 Å². The Morgan fingerprint density at radius 2 is 2.11 bits per heavy atom. The highest BCUT2D eigenvalue weighted by atomic mass is 35.5. The molecule has 0 radical (unpaired) electrons. The van der Waals surface area contributed by atoms with E-state index in [2.05, 4.69) is 9.97 Å². The minimum atomic E-state index is -0.697. The van der Waals surface area contributed by atoms with Crippen molar-refractivity contribution in [1.82, 2.24) is 9.97 Å². The van der Waals surface area contributed by atoms with Crippen molar-refractivity contribution >= 4 is 11.6 Å². The van der Waals surface area contributed by atoms with Crippen LogP contribution < -0.4 is 14.2 Å². The highest BCUT2D eigenvalue weighted by Gasteiger charge is 2.15. The van der Waals surface area contributed by atoms with Gasteiger partial charge in [-0.1, -0.05) is 0 Å². The molecule has 1 aromatic heterocycles. The SMILES string of the molecule is Fc1cnc(Cl)nc1Oc1ccc2c(c1)OCO2. The number of hydrogen-bond donors (Lipinski definition) is 0. The van der Waals surface area contributed by atoms with Gasteiger partial charge < -0.3 is 14.2 Å². The van der Waals surface area contributed by atoms with Gasteiger partial charge in [-0.05, 0) is 23.7 Å². The van der Waals surface area contributed by atoms with Gasteiger partial charge in [0.2, 0.25) is 17.9 Å². The third kappa shape index (κ3) is 2.02. The van der Waals surface area contributed by atoms with Crippen molar-refractivity contribution in [3.05, 3.63) is 35.5 Å². The third-order valence-corrected chi connectivity index (χ3v) is 2.42. The molecule has 1 aliphatic heterocycles. The van der Waals surface area contributed by atoms with Crippen LogP contribution in [0.5, 0.6) is 23.1 Å². The van der Waals surface area contributed by atoms with E-state index in [1.165, 1.54) is 0 Å². The van der Waals surface area contributed by atoms with Crippen LogP contribution in [-0.4, -0.2) is 16.8 Å². The third-order valence-electron chi connectivity index (χ3n) is 2.24. The van der Waals surface area contributed by atoms with E-state index in [4.69, 9.17) is 25.8 Å². The van der Waals surface area contributed by atoms with E-state index in [-0.39, 0.29) is 18.0 Å². The Morgan fingerprint density at radius 1 is 1.28 bits per heavy atom. The molecule has 2 aromatic rings. The Morgan fingerprint density at radius 3 is 3.00 bits per heavy atom. The molecule has 1 aliphatic rings. The molecule has 0 fully saturated rings. The fourth-order valence-corrected chi connectivity index (χ4v) is 1.58. The number of fused-ring (bicyclic) bond motifs is 1. The molecular formula is C11H6ClFN2O3. The summed E-state index contributed by atoms with van der Waals surface area (Å²) in [7, 11) is 0. The van der Waals surface area contributed by atoms with Crippen LogP contribution in [0.25, 0.3) is 0 Å². The van der Waals surface area contributed by atoms with Gasteiger partial charge >= 0.3 is 0 Å². The predicted molar refractivity (Wildman–Crippen MR) is 59.6 cm³/mol. The summed E-state index contributed by atoms with van der Waals surface area (Å²) in [5, 5.41) is -0.0906. The van der Waals surface area contributed by atoms with Gasteiger partial charge in [-0.25, -0.2) is 4.98 Å². The van der Waals surface area contributed by atoms with Crippen molar-refractivity contribution in [2.75, 3.05) is 6.79 Å². The van der Waals surface area contributed by atoms with Crippen molar-refractivity contribution in [2.24, 2.45) is 0 Å².